The molecule has 1 N–H and O–H groups in total. The molecule has 9 heavy (non-hydrogen) atoms. The molecule has 2 nitrogen and oxygen atoms in total. The van der Waals surface area contributed by atoms with Crippen LogP contribution >= 0.6 is 15.9 Å². The third-order valence-corrected chi connectivity index (χ3v) is 2.22. The standard InChI is InChI=1S/C6H10BrNO/c1-4(7)5-2-3-6(9)8-5/h4-5H,2-3H2,1H3,(H,8,9). The number of amides is 1. The highest BCUT2D eigenvalue weighted by atomic mass is 79.9. The van der Waals surface area contributed by atoms with Gasteiger partial charge in [-0.3, -0.25) is 4.79 Å². The summed E-state index contributed by atoms with van der Waals surface area (Å²) in [6, 6.07) is 0.359. The van der Waals surface area contributed by atoms with Gasteiger partial charge in [0.15, 0.2) is 0 Å². The zero-order chi connectivity index (χ0) is 6.85. The van der Waals surface area contributed by atoms with Crippen LogP contribution in [0.25, 0.3) is 0 Å². The summed E-state index contributed by atoms with van der Waals surface area (Å²) in [5.41, 5.74) is 0. The van der Waals surface area contributed by atoms with E-state index in [9.17, 15) is 4.79 Å². The maximum Gasteiger partial charge on any atom is 0.220 e. The van der Waals surface area contributed by atoms with Crippen LogP contribution in [0.3, 0.4) is 0 Å². The highest BCUT2D eigenvalue weighted by Gasteiger charge is 2.23. The first-order chi connectivity index (χ1) is 4.20. The van der Waals surface area contributed by atoms with Crippen LogP contribution in [0, 0.1) is 0 Å². The minimum Gasteiger partial charge on any atom is -0.352 e. The molecule has 0 aromatic heterocycles. The van der Waals surface area contributed by atoms with Crippen molar-refractivity contribution in [1.29, 1.82) is 0 Å². The van der Waals surface area contributed by atoms with Gasteiger partial charge in [0.25, 0.3) is 0 Å². The van der Waals surface area contributed by atoms with E-state index < -0.39 is 0 Å². The molecule has 1 rings (SSSR count). The number of carbonyl (C=O) groups excluding carboxylic acids is 1. The first-order valence-electron chi connectivity index (χ1n) is 3.13. The van der Waals surface area contributed by atoms with Gasteiger partial charge in [0, 0.05) is 17.3 Å². The molecule has 0 spiro atoms. The van der Waals surface area contributed by atoms with Crippen molar-refractivity contribution < 1.29 is 4.79 Å². The number of hydrogen-bond donors (Lipinski definition) is 1. The molecule has 0 aromatic carbocycles. The normalized spacial score (nSPS) is 30.0. The Morgan fingerprint density at radius 2 is 2.56 bits per heavy atom. The molecule has 2 atom stereocenters. The van der Waals surface area contributed by atoms with Gasteiger partial charge in [0.2, 0.25) is 5.91 Å². The first-order valence-corrected chi connectivity index (χ1v) is 4.05. The van der Waals surface area contributed by atoms with Crippen LogP contribution in [0.4, 0.5) is 0 Å². The minimum atomic E-state index is 0.186. The summed E-state index contributed by atoms with van der Waals surface area (Å²) in [5, 5.41) is 2.87. The molecule has 0 aromatic rings. The second kappa shape index (κ2) is 2.69. The van der Waals surface area contributed by atoms with E-state index in [4.69, 9.17) is 0 Å². The summed E-state index contributed by atoms with van der Waals surface area (Å²) in [7, 11) is 0. The highest BCUT2D eigenvalue weighted by molar-refractivity contribution is 9.09. The Hall–Kier alpha value is -0.0500. The topological polar surface area (TPSA) is 29.1 Å². The largest absolute Gasteiger partial charge is 0.352 e. The number of alkyl halides is 1. The lowest BCUT2D eigenvalue weighted by molar-refractivity contribution is -0.119. The fraction of sp³-hybridized carbons (Fsp3) is 0.833. The smallest absolute Gasteiger partial charge is 0.220 e. The highest BCUT2D eigenvalue weighted by Crippen LogP contribution is 2.15. The van der Waals surface area contributed by atoms with Gasteiger partial charge in [-0.1, -0.05) is 22.9 Å². The van der Waals surface area contributed by atoms with E-state index >= 15 is 0 Å². The number of rotatable bonds is 1. The predicted octanol–water partition coefficient (Wildman–Crippen LogP) is 1.05. The molecule has 3 heteroatoms. The molecular weight excluding hydrogens is 182 g/mol. The first kappa shape index (κ1) is 7.06. The lowest BCUT2D eigenvalue weighted by Gasteiger charge is -2.10. The van der Waals surface area contributed by atoms with Gasteiger partial charge in [0.1, 0.15) is 0 Å². The Morgan fingerprint density at radius 3 is 2.78 bits per heavy atom. The lowest BCUT2D eigenvalue weighted by atomic mass is 10.2. The molecule has 1 fully saturated rings. The lowest BCUT2D eigenvalue weighted by Crippen LogP contribution is -2.31. The number of nitrogens with one attached hydrogen (secondary N) is 1. The second-order valence-corrected chi connectivity index (χ2v) is 3.83. The average Bonchev–Trinajstić information content (AvgIpc) is 2.14. The Bertz CT molecular complexity index is 124. The summed E-state index contributed by atoms with van der Waals surface area (Å²) in [6.07, 6.45) is 1.67. The molecule has 52 valence electrons. The van der Waals surface area contributed by atoms with Crippen LogP contribution in [-0.4, -0.2) is 16.8 Å². The molecule has 1 aliphatic heterocycles. The van der Waals surface area contributed by atoms with Crippen molar-refractivity contribution >= 4 is 21.8 Å². The summed E-state index contributed by atoms with van der Waals surface area (Å²) < 4.78 is 0. The number of hydrogen-bond acceptors (Lipinski definition) is 1. The van der Waals surface area contributed by atoms with E-state index in [1.165, 1.54) is 0 Å². The molecule has 1 aliphatic rings. The molecule has 1 amide bonds. The van der Waals surface area contributed by atoms with Gasteiger partial charge < -0.3 is 5.32 Å². The second-order valence-electron chi connectivity index (χ2n) is 2.39. The Morgan fingerprint density at radius 1 is 1.89 bits per heavy atom. The van der Waals surface area contributed by atoms with Crippen LogP contribution in [-0.2, 0) is 4.79 Å². The summed E-state index contributed by atoms with van der Waals surface area (Å²) >= 11 is 3.41. The molecule has 1 saturated heterocycles. The fourth-order valence-corrected chi connectivity index (χ4v) is 1.38. The molecular formula is C6H10BrNO. The van der Waals surface area contributed by atoms with Crippen LogP contribution in [0.15, 0.2) is 0 Å². The Balaban J connectivity index is 2.39. The fourth-order valence-electron chi connectivity index (χ4n) is 0.982. The van der Waals surface area contributed by atoms with E-state index in [2.05, 4.69) is 28.2 Å². The summed E-state index contributed by atoms with van der Waals surface area (Å²) in [5.74, 6) is 0.186. The number of carbonyl (C=O) groups is 1. The van der Waals surface area contributed by atoms with Crippen LogP contribution in [0.2, 0.25) is 0 Å². The van der Waals surface area contributed by atoms with E-state index in [-0.39, 0.29) is 5.91 Å². The maximum atomic E-state index is 10.6. The van der Waals surface area contributed by atoms with Gasteiger partial charge in [-0.15, -0.1) is 0 Å². The molecule has 0 radical (unpaired) electrons. The predicted molar refractivity (Wildman–Crippen MR) is 39.6 cm³/mol. The maximum absolute atomic E-state index is 10.6. The van der Waals surface area contributed by atoms with Crippen molar-refractivity contribution in [2.24, 2.45) is 0 Å². The van der Waals surface area contributed by atoms with Gasteiger partial charge in [-0.2, -0.15) is 0 Å². The molecule has 0 saturated carbocycles. The van der Waals surface area contributed by atoms with Crippen molar-refractivity contribution in [3.63, 3.8) is 0 Å². The van der Waals surface area contributed by atoms with Gasteiger partial charge in [-0.25, -0.2) is 0 Å². The molecule has 2 unspecified atom stereocenters. The zero-order valence-corrected chi connectivity index (χ0v) is 6.94. The molecule has 1 heterocycles. The molecule has 0 bridgehead atoms. The van der Waals surface area contributed by atoms with Crippen molar-refractivity contribution in [3.8, 4) is 0 Å². The van der Waals surface area contributed by atoms with Gasteiger partial charge in [-0.05, 0) is 6.42 Å². The van der Waals surface area contributed by atoms with Crippen LogP contribution < -0.4 is 5.32 Å². The van der Waals surface area contributed by atoms with Crippen molar-refractivity contribution in [3.05, 3.63) is 0 Å². The average molecular weight is 192 g/mol. The summed E-state index contributed by atoms with van der Waals surface area (Å²) in [6.45, 7) is 2.05. The van der Waals surface area contributed by atoms with Gasteiger partial charge >= 0.3 is 0 Å². The minimum absolute atomic E-state index is 0.186. The Kier molecular flexibility index (Phi) is 2.11. The quantitative estimate of drug-likeness (QED) is 0.618. The van der Waals surface area contributed by atoms with E-state index in [1.807, 2.05) is 0 Å². The van der Waals surface area contributed by atoms with E-state index in [0.29, 0.717) is 17.3 Å². The van der Waals surface area contributed by atoms with E-state index in [0.717, 1.165) is 6.42 Å². The van der Waals surface area contributed by atoms with Crippen LogP contribution in [0.5, 0.6) is 0 Å². The third-order valence-electron chi connectivity index (χ3n) is 1.58. The monoisotopic (exact) mass is 191 g/mol. The number of halogens is 1. The van der Waals surface area contributed by atoms with E-state index in [1.54, 1.807) is 0 Å². The van der Waals surface area contributed by atoms with Crippen molar-refractivity contribution in [2.75, 3.05) is 0 Å². The Labute approximate surface area is 63.1 Å². The SMILES string of the molecule is CC(Br)C1CCC(=O)N1. The van der Waals surface area contributed by atoms with Crippen LogP contribution in [0.1, 0.15) is 19.8 Å². The third kappa shape index (κ3) is 1.68. The summed E-state index contributed by atoms with van der Waals surface area (Å²) in [4.78, 5) is 11.0. The van der Waals surface area contributed by atoms with Crippen molar-refractivity contribution in [2.45, 2.75) is 30.6 Å². The van der Waals surface area contributed by atoms with Crippen molar-refractivity contribution in [1.82, 2.24) is 5.32 Å². The van der Waals surface area contributed by atoms with Gasteiger partial charge in [0.05, 0.1) is 0 Å². The zero-order valence-electron chi connectivity index (χ0n) is 5.36. The molecule has 0 aliphatic carbocycles.